The standard InChI is InChI=1S/C14H12O4/c1-7(2)11(15)9-6-4-3-5-8(9)10-12(16)14(18)13(10)17/h3-7,16H,1-2H3. The lowest BCUT2D eigenvalue weighted by molar-refractivity contribution is 0.0940. The van der Waals surface area contributed by atoms with Gasteiger partial charge in [0.2, 0.25) is 5.43 Å². The molecule has 4 nitrogen and oxygen atoms in total. The van der Waals surface area contributed by atoms with Gasteiger partial charge in [0.1, 0.15) is 0 Å². The van der Waals surface area contributed by atoms with Gasteiger partial charge in [0, 0.05) is 17.0 Å². The lowest BCUT2D eigenvalue weighted by Crippen LogP contribution is -2.32. The van der Waals surface area contributed by atoms with E-state index in [9.17, 15) is 19.5 Å². The number of hydrogen-bond acceptors (Lipinski definition) is 4. The molecule has 92 valence electrons. The highest BCUT2D eigenvalue weighted by atomic mass is 16.3. The van der Waals surface area contributed by atoms with Crippen molar-refractivity contribution in [2.75, 3.05) is 0 Å². The summed E-state index contributed by atoms with van der Waals surface area (Å²) in [5.74, 6) is -0.901. The van der Waals surface area contributed by atoms with E-state index in [4.69, 9.17) is 0 Å². The van der Waals surface area contributed by atoms with E-state index in [0.29, 0.717) is 11.1 Å². The minimum atomic E-state index is -0.892. The smallest absolute Gasteiger partial charge is 0.268 e. The molecule has 0 amide bonds. The first-order valence-electron chi connectivity index (χ1n) is 5.61. The van der Waals surface area contributed by atoms with Crippen molar-refractivity contribution in [2.24, 2.45) is 5.92 Å². The van der Waals surface area contributed by atoms with Crippen LogP contribution < -0.4 is 10.9 Å². The van der Waals surface area contributed by atoms with Crippen molar-refractivity contribution in [3.05, 3.63) is 50.3 Å². The molecule has 0 atom stereocenters. The minimum Gasteiger partial charge on any atom is -0.503 e. The SMILES string of the molecule is CC(C)C(=O)c1ccccc1-c1c(O)c(=O)c1=O. The number of carbonyl (C=O) groups excluding carboxylic acids is 1. The first kappa shape index (κ1) is 12.2. The molecule has 0 unspecified atom stereocenters. The molecule has 0 aliphatic carbocycles. The maximum absolute atomic E-state index is 12.0. The number of aromatic hydroxyl groups is 1. The highest BCUT2D eigenvalue weighted by Crippen LogP contribution is 2.28. The molecule has 0 spiro atoms. The Kier molecular flexibility index (Phi) is 2.87. The van der Waals surface area contributed by atoms with Gasteiger partial charge in [0.25, 0.3) is 5.43 Å². The number of benzene rings is 1. The van der Waals surface area contributed by atoms with Gasteiger partial charge < -0.3 is 5.11 Å². The molecule has 2 aromatic rings. The molecule has 0 saturated carbocycles. The van der Waals surface area contributed by atoms with Gasteiger partial charge in [-0.05, 0) is 0 Å². The van der Waals surface area contributed by atoms with E-state index in [2.05, 4.69) is 0 Å². The van der Waals surface area contributed by atoms with Crippen molar-refractivity contribution in [2.45, 2.75) is 13.8 Å². The van der Waals surface area contributed by atoms with Crippen LogP contribution in [0, 0.1) is 5.92 Å². The average Bonchev–Trinajstić information content (AvgIpc) is 2.38. The van der Waals surface area contributed by atoms with Gasteiger partial charge in [-0.2, -0.15) is 0 Å². The lowest BCUT2D eigenvalue weighted by Gasteiger charge is -2.12. The quantitative estimate of drug-likeness (QED) is 0.656. The molecule has 0 radical (unpaired) electrons. The largest absolute Gasteiger partial charge is 0.503 e. The predicted octanol–water partition coefficient (Wildman–Crippen LogP) is 1.49. The van der Waals surface area contributed by atoms with E-state index < -0.39 is 16.6 Å². The molecule has 0 saturated heterocycles. The van der Waals surface area contributed by atoms with Crippen LogP contribution in [-0.4, -0.2) is 10.9 Å². The second-order valence-corrected chi connectivity index (χ2v) is 4.45. The zero-order valence-corrected chi connectivity index (χ0v) is 10.1. The van der Waals surface area contributed by atoms with E-state index in [1.54, 1.807) is 38.1 Å². The summed E-state index contributed by atoms with van der Waals surface area (Å²) in [4.78, 5) is 34.5. The Balaban J connectivity index is 2.64. The topological polar surface area (TPSA) is 71.4 Å². The van der Waals surface area contributed by atoms with Crippen molar-refractivity contribution in [1.29, 1.82) is 0 Å². The summed E-state index contributed by atoms with van der Waals surface area (Å²) >= 11 is 0. The van der Waals surface area contributed by atoms with E-state index >= 15 is 0 Å². The summed E-state index contributed by atoms with van der Waals surface area (Å²) < 4.78 is 0. The minimum absolute atomic E-state index is 0.0513. The third kappa shape index (κ3) is 1.66. The molecule has 0 aromatic heterocycles. The molecule has 0 aliphatic heterocycles. The molecular weight excluding hydrogens is 232 g/mol. The van der Waals surface area contributed by atoms with E-state index in [1.807, 2.05) is 0 Å². The van der Waals surface area contributed by atoms with Gasteiger partial charge in [0.15, 0.2) is 11.5 Å². The van der Waals surface area contributed by atoms with Crippen LogP contribution in [0.4, 0.5) is 0 Å². The summed E-state index contributed by atoms with van der Waals surface area (Å²) in [6.07, 6.45) is 0. The third-order valence-electron chi connectivity index (χ3n) is 2.87. The van der Waals surface area contributed by atoms with Crippen molar-refractivity contribution in [3.8, 4) is 16.9 Å². The molecular formula is C14H12O4. The molecule has 0 bridgehead atoms. The van der Waals surface area contributed by atoms with Gasteiger partial charge in [-0.25, -0.2) is 0 Å². The van der Waals surface area contributed by atoms with Gasteiger partial charge in [-0.15, -0.1) is 0 Å². The van der Waals surface area contributed by atoms with E-state index in [0.717, 1.165) is 0 Å². The van der Waals surface area contributed by atoms with Crippen LogP contribution in [0.15, 0.2) is 33.9 Å². The maximum atomic E-state index is 12.0. The van der Waals surface area contributed by atoms with Crippen LogP contribution in [0.5, 0.6) is 5.75 Å². The van der Waals surface area contributed by atoms with E-state index in [-0.39, 0.29) is 17.3 Å². The second-order valence-electron chi connectivity index (χ2n) is 4.45. The van der Waals surface area contributed by atoms with Crippen molar-refractivity contribution < 1.29 is 9.90 Å². The Hall–Kier alpha value is -2.23. The Morgan fingerprint density at radius 2 is 1.72 bits per heavy atom. The number of carbonyl (C=O) groups is 1. The highest BCUT2D eigenvalue weighted by Gasteiger charge is 2.25. The van der Waals surface area contributed by atoms with Crippen LogP contribution in [0.25, 0.3) is 11.1 Å². The van der Waals surface area contributed by atoms with Gasteiger partial charge in [-0.1, -0.05) is 38.1 Å². The first-order valence-corrected chi connectivity index (χ1v) is 5.61. The third-order valence-corrected chi connectivity index (χ3v) is 2.87. The van der Waals surface area contributed by atoms with E-state index in [1.165, 1.54) is 0 Å². The van der Waals surface area contributed by atoms with Crippen molar-refractivity contribution in [3.63, 3.8) is 0 Å². The molecule has 0 aliphatic rings. The predicted molar refractivity (Wildman–Crippen MR) is 67.6 cm³/mol. The van der Waals surface area contributed by atoms with Crippen LogP contribution in [0.1, 0.15) is 24.2 Å². The Bertz CT molecular complexity index is 688. The highest BCUT2D eigenvalue weighted by molar-refractivity contribution is 6.04. The van der Waals surface area contributed by atoms with Crippen molar-refractivity contribution >= 4 is 5.78 Å². The average molecular weight is 244 g/mol. The number of Topliss-reactive ketones (excluding diaryl/α,β-unsaturated/α-hetero) is 1. The van der Waals surface area contributed by atoms with Crippen LogP contribution in [0.3, 0.4) is 0 Å². The molecule has 2 rings (SSSR count). The summed E-state index contributed by atoms with van der Waals surface area (Å²) in [7, 11) is 0. The molecule has 18 heavy (non-hydrogen) atoms. The molecule has 0 heterocycles. The lowest BCUT2D eigenvalue weighted by atomic mass is 9.90. The zero-order valence-electron chi connectivity index (χ0n) is 10.1. The normalized spacial score (nSPS) is 11.1. The fourth-order valence-corrected chi connectivity index (χ4v) is 1.86. The zero-order chi connectivity index (χ0) is 13.4. The fraction of sp³-hybridized carbons (Fsp3) is 0.214. The van der Waals surface area contributed by atoms with Gasteiger partial charge in [-0.3, -0.25) is 14.4 Å². The van der Waals surface area contributed by atoms with Gasteiger partial charge in [0.05, 0.1) is 5.56 Å². The molecule has 2 aromatic carbocycles. The molecule has 4 heteroatoms. The summed E-state index contributed by atoms with van der Waals surface area (Å²) in [6.45, 7) is 3.50. The second kappa shape index (κ2) is 4.22. The summed E-state index contributed by atoms with van der Waals surface area (Å²) in [5, 5.41) is 9.44. The number of hydrogen-bond donors (Lipinski definition) is 1. The fourth-order valence-electron chi connectivity index (χ4n) is 1.86. The summed E-state index contributed by atoms with van der Waals surface area (Å²) in [6, 6.07) is 6.49. The van der Waals surface area contributed by atoms with Gasteiger partial charge >= 0.3 is 0 Å². The summed E-state index contributed by atoms with van der Waals surface area (Å²) in [5.41, 5.74) is -0.994. The number of ketones is 1. The molecule has 1 N–H and O–H groups in total. The van der Waals surface area contributed by atoms with Crippen LogP contribution in [-0.2, 0) is 0 Å². The first-order chi connectivity index (χ1) is 8.45. The Morgan fingerprint density at radius 3 is 2.28 bits per heavy atom. The maximum Gasteiger partial charge on any atom is 0.268 e. The van der Waals surface area contributed by atoms with Crippen LogP contribution >= 0.6 is 0 Å². The Labute approximate surface area is 103 Å². The van der Waals surface area contributed by atoms with Crippen LogP contribution in [0.2, 0.25) is 0 Å². The Morgan fingerprint density at radius 1 is 1.11 bits per heavy atom. The monoisotopic (exact) mass is 244 g/mol. The molecule has 0 fully saturated rings. The van der Waals surface area contributed by atoms with Crippen molar-refractivity contribution in [1.82, 2.24) is 0 Å². The number of rotatable bonds is 3.